The third kappa shape index (κ3) is 3.84. The van der Waals surface area contributed by atoms with Crippen LogP contribution < -0.4 is 4.74 Å². The number of unbranched alkanes of at least 4 members (excludes halogenated alkanes) is 1. The quantitative estimate of drug-likeness (QED) is 0.586. The minimum atomic E-state index is -0.280. The average Bonchev–Trinajstić information content (AvgIpc) is 2.18. The zero-order chi connectivity index (χ0) is 10.4. The van der Waals surface area contributed by atoms with Gasteiger partial charge in [0.05, 0.1) is 11.1 Å². The van der Waals surface area contributed by atoms with Crippen LogP contribution in [0.25, 0.3) is 0 Å². The first-order chi connectivity index (χ1) is 6.74. The summed E-state index contributed by atoms with van der Waals surface area (Å²) in [5.74, 6) is 1.04. The molecule has 0 aliphatic carbocycles. The van der Waals surface area contributed by atoms with Gasteiger partial charge in [0.15, 0.2) is 0 Å². The van der Waals surface area contributed by atoms with Crippen molar-refractivity contribution in [3.8, 4) is 5.75 Å². The second kappa shape index (κ2) is 6.25. The largest absolute Gasteiger partial charge is 0.494 e. The maximum Gasteiger partial charge on any atom is 0.137 e. The van der Waals surface area contributed by atoms with Crippen LogP contribution in [0.2, 0.25) is 0 Å². The minimum Gasteiger partial charge on any atom is -0.494 e. The third-order valence-electron chi connectivity index (χ3n) is 1.69. The van der Waals surface area contributed by atoms with Gasteiger partial charge < -0.3 is 4.74 Å². The Balaban J connectivity index is 2.39. The Morgan fingerprint density at radius 3 is 2.79 bits per heavy atom. The molecule has 78 valence electrons. The topological polar surface area (TPSA) is 9.23 Å². The summed E-state index contributed by atoms with van der Waals surface area (Å²) in [5.41, 5.74) is 0. The van der Waals surface area contributed by atoms with Gasteiger partial charge in [-0.3, -0.25) is 0 Å². The van der Waals surface area contributed by atoms with Crippen molar-refractivity contribution in [2.24, 2.45) is 0 Å². The molecule has 0 aromatic heterocycles. The second-order valence-corrected chi connectivity index (χ2v) is 4.05. The summed E-state index contributed by atoms with van der Waals surface area (Å²) in [5, 5.41) is 0. The molecule has 0 atom stereocenters. The molecular weight excluding hydrogens is 270 g/mol. The smallest absolute Gasteiger partial charge is 0.137 e. The molecule has 0 saturated heterocycles. The van der Waals surface area contributed by atoms with Crippen LogP contribution in [0.15, 0.2) is 22.7 Å². The van der Waals surface area contributed by atoms with E-state index >= 15 is 0 Å². The number of hydrogen-bond acceptors (Lipinski definition) is 1. The molecule has 1 rings (SSSR count). The van der Waals surface area contributed by atoms with Gasteiger partial charge >= 0.3 is 0 Å². The standard InChI is InChI=1S/C10H11BrClFO/c11-9-7-8(3-4-10(9)13)14-6-2-1-5-12/h3-4,7H,1-2,5-6H2. The Bertz CT molecular complexity index is 293. The van der Waals surface area contributed by atoms with Crippen LogP contribution in [0.1, 0.15) is 12.8 Å². The summed E-state index contributed by atoms with van der Waals surface area (Å²) in [6.07, 6.45) is 1.85. The first-order valence-corrected chi connectivity index (χ1v) is 5.70. The minimum absolute atomic E-state index is 0.280. The first kappa shape index (κ1) is 11.8. The Morgan fingerprint density at radius 2 is 2.14 bits per heavy atom. The lowest BCUT2D eigenvalue weighted by molar-refractivity contribution is 0.309. The van der Waals surface area contributed by atoms with E-state index in [-0.39, 0.29) is 5.82 Å². The zero-order valence-electron chi connectivity index (χ0n) is 7.60. The van der Waals surface area contributed by atoms with E-state index in [0.29, 0.717) is 22.7 Å². The summed E-state index contributed by atoms with van der Waals surface area (Å²) < 4.78 is 18.6. The molecule has 0 saturated carbocycles. The van der Waals surface area contributed by atoms with Gasteiger partial charge in [0.1, 0.15) is 11.6 Å². The summed E-state index contributed by atoms with van der Waals surface area (Å²) in [4.78, 5) is 0. The molecule has 0 bridgehead atoms. The molecule has 0 heterocycles. The molecule has 0 aliphatic heterocycles. The van der Waals surface area contributed by atoms with E-state index in [1.165, 1.54) is 6.07 Å². The summed E-state index contributed by atoms with van der Waals surface area (Å²) >= 11 is 8.61. The monoisotopic (exact) mass is 280 g/mol. The number of alkyl halides is 1. The maximum atomic E-state index is 12.8. The summed E-state index contributed by atoms with van der Waals surface area (Å²) in [6, 6.07) is 4.61. The highest BCUT2D eigenvalue weighted by Crippen LogP contribution is 2.21. The normalized spacial score (nSPS) is 10.2. The van der Waals surface area contributed by atoms with Crippen molar-refractivity contribution in [2.45, 2.75) is 12.8 Å². The van der Waals surface area contributed by atoms with Gasteiger partial charge in [0, 0.05) is 5.88 Å². The average molecular weight is 282 g/mol. The lowest BCUT2D eigenvalue weighted by Gasteiger charge is -2.05. The fourth-order valence-electron chi connectivity index (χ4n) is 0.953. The lowest BCUT2D eigenvalue weighted by atomic mass is 10.3. The van der Waals surface area contributed by atoms with Crippen LogP contribution in [-0.4, -0.2) is 12.5 Å². The van der Waals surface area contributed by atoms with E-state index in [9.17, 15) is 4.39 Å². The molecule has 0 amide bonds. The number of benzene rings is 1. The molecule has 0 spiro atoms. The number of ether oxygens (including phenoxy) is 1. The Hall–Kier alpha value is -0.280. The summed E-state index contributed by atoms with van der Waals surface area (Å²) in [7, 11) is 0. The molecule has 0 radical (unpaired) electrons. The van der Waals surface area contributed by atoms with Crippen molar-refractivity contribution < 1.29 is 9.13 Å². The lowest BCUT2D eigenvalue weighted by Crippen LogP contribution is -1.97. The summed E-state index contributed by atoms with van der Waals surface area (Å²) in [6.45, 7) is 0.616. The molecular formula is C10H11BrClFO. The van der Waals surface area contributed by atoms with Crippen molar-refractivity contribution in [2.75, 3.05) is 12.5 Å². The Kier molecular flexibility index (Phi) is 5.26. The Labute approximate surface area is 96.3 Å². The molecule has 0 fully saturated rings. The van der Waals surface area contributed by atoms with Crippen LogP contribution in [0, 0.1) is 5.82 Å². The van der Waals surface area contributed by atoms with E-state index in [2.05, 4.69) is 15.9 Å². The molecule has 1 nitrogen and oxygen atoms in total. The van der Waals surface area contributed by atoms with E-state index < -0.39 is 0 Å². The molecule has 0 N–H and O–H groups in total. The molecule has 0 unspecified atom stereocenters. The number of rotatable bonds is 5. The fraction of sp³-hybridized carbons (Fsp3) is 0.400. The van der Waals surface area contributed by atoms with Crippen molar-refractivity contribution in [3.05, 3.63) is 28.5 Å². The van der Waals surface area contributed by atoms with Gasteiger partial charge in [-0.2, -0.15) is 0 Å². The highest BCUT2D eigenvalue weighted by molar-refractivity contribution is 9.10. The van der Waals surface area contributed by atoms with Gasteiger partial charge in [0.25, 0.3) is 0 Å². The van der Waals surface area contributed by atoms with Crippen molar-refractivity contribution in [1.82, 2.24) is 0 Å². The Morgan fingerprint density at radius 1 is 1.36 bits per heavy atom. The third-order valence-corrected chi connectivity index (χ3v) is 2.56. The molecule has 0 aliphatic rings. The van der Waals surface area contributed by atoms with E-state index in [1.54, 1.807) is 12.1 Å². The SMILES string of the molecule is Fc1ccc(OCCCCCl)cc1Br. The van der Waals surface area contributed by atoms with Gasteiger partial charge in [-0.15, -0.1) is 11.6 Å². The van der Waals surface area contributed by atoms with Crippen LogP contribution in [0.4, 0.5) is 4.39 Å². The van der Waals surface area contributed by atoms with E-state index in [0.717, 1.165) is 12.8 Å². The first-order valence-electron chi connectivity index (χ1n) is 4.38. The second-order valence-electron chi connectivity index (χ2n) is 2.82. The van der Waals surface area contributed by atoms with Gasteiger partial charge in [0.2, 0.25) is 0 Å². The van der Waals surface area contributed by atoms with Crippen molar-refractivity contribution in [1.29, 1.82) is 0 Å². The van der Waals surface area contributed by atoms with E-state index in [4.69, 9.17) is 16.3 Å². The fourth-order valence-corrected chi connectivity index (χ4v) is 1.50. The predicted molar refractivity (Wildman–Crippen MR) is 59.5 cm³/mol. The van der Waals surface area contributed by atoms with Crippen molar-refractivity contribution in [3.63, 3.8) is 0 Å². The van der Waals surface area contributed by atoms with Crippen molar-refractivity contribution >= 4 is 27.5 Å². The van der Waals surface area contributed by atoms with Crippen LogP contribution in [0.3, 0.4) is 0 Å². The van der Waals surface area contributed by atoms with E-state index in [1.807, 2.05) is 0 Å². The highest BCUT2D eigenvalue weighted by Gasteiger charge is 2.00. The molecule has 4 heteroatoms. The number of halogens is 3. The van der Waals surface area contributed by atoms with Gasteiger partial charge in [-0.25, -0.2) is 4.39 Å². The molecule has 1 aromatic rings. The zero-order valence-corrected chi connectivity index (χ0v) is 9.94. The van der Waals surface area contributed by atoms with Crippen LogP contribution in [0.5, 0.6) is 5.75 Å². The maximum absolute atomic E-state index is 12.8. The van der Waals surface area contributed by atoms with Gasteiger partial charge in [-0.1, -0.05) is 0 Å². The predicted octanol–water partition coefficient (Wildman–Crippen LogP) is 3.99. The van der Waals surface area contributed by atoms with Crippen LogP contribution in [-0.2, 0) is 0 Å². The van der Waals surface area contributed by atoms with Gasteiger partial charge in [-0.05, 0) is 47.0 Å². The van der Waals surface area contributed by atoms with Crippen LogP contribution >= 0.6 is 27.5 Å². The molecule has 14 heavy (non-hydrogen) atoms. The highest BCUT2D eigenvalue weighted by atomic mass is 79.9. The molecule has 1 aromatic carbocycles. The number of hydrogen-bond donors (Lipinski definition) is 0.